The van der Waals surface area contributed by atoms with Crippen molar-refractivity contribution in [1.82, 2.24) is 0 Å². The van der Waals surface area contributed by atoms with E-state index in [0.717, 1.165) is 11.3 Å². The predicted molar refractivity (Wildman–Crippen MR) is 80.5 cm³/mol. The van der Waals surface area contributed by atoms with E-state index in [0.29, 0.717) is 23.7 Å². The summed E-state index contributed by atoms with van der Waals surface area (Å²) in [7, 11) is 1.59. The second-order valence-corrected chi connectivity index (χ2v) is 4.85. The number of rotatable bonds is 3. The van der Waals surface area contributed by atoms with Gasteiger partial charge in [-0.1, -0.05) is 12.1 Å². The van der Waals surface area contributed by atoms with Gasteiger partial charge in [0, 0.05) is 11.8 Å². The third-order valence-corrected chi connectivity index (χ3v) is 3.37. The largest absolute Gasteiger partial charge is 0.497 e. The number of nitrogens with two attached hydrogens (primary N) is 1. The number of ether oxygens (including phenoxy) is 2. The highest BCUT2D eigenvalue weighted by Crippen LogP contribution is 2.33. The van der Waals surface area contributed by atoms with Gasteiger partial charge in [-0.2, -0.15) is 0 Å². The SMILES string of the molecule is COc1cc(N)cc(CN2C(=O)COc3ccccc32)c1. The standard InChI is InChI=1S/C16H16N2O3/c1-20-13-7-11(6-12(17)8-13)9-18-14-4-2-3-5-15(14)21-10-16(18)19/h2-8H,9-10,17H2,1H3. The molecule has 0 fully saturated rings. The number of fused-ring (bicyclic) bond motifs is 1. The molecular formula is C16H16N2O3. The van der Waals surface area contributed by atoms with Crippen LogP contribution in [0.5, 0.6) is 11.5 Å². The van der Waals surface area contributed by atoms with Crippen molar-refractivity contribution in [1.29, 1.82) is 0 Å². The van der Waals surface area contributed by atoms with Gasteiger partial charge in [0.2, 0.25) is 0 Å². The first-order chi connectivity index (χ1) is 10.2. The first-order valence-electron chi connectivity index (χ1n) is 6.63. The number of benzene rings is 2. The van der Waals surface area contributed by atoms with E-state index in [1.165, 1.54) is 0 Å². The van der Waals surface area contributed by atoms with E-state index in [-0.39, 0.29) is 12.5 Å². The maximum atomic E-state index is 12.1. The Morgan fingerprint density at radius 1 is 1.29 bits per heavy atom. The molecule has 0 bridgehead atoms. The van der Waals surface area contributed by atoms with Gasteiger partial charge in [0.15, 0.2) is 6.61 Å². The smallest absolute Gasteiger partial charge is 0.265 e. The highest BCUT2D eigenvalue weighted by Gasteiger charge is 2.25. The van der Waals surface area contributed by atoms with Gasteiger partial charge in [-0.25, -0.2) is 0 Å². The molecule has 0 saturated heterocycles. The van der Waals surface area contributed by atoms with Crippen LogP contribution >= 0.6 is 0 Å². The highest BCUT2D eigenvalue weighted by molar-refractivity contribution is 5.97. The Balaban J connectivity index is 1.94. The molecule has 1 amide bonds. The van der Waals surface area contributed by atoms with E-state index in [4.69, 9.17) is 15.2 Å². The van der Waals surface area contributed by atoms with Crippen molar-refractivity contribution in [3.8, 4) is 11.5 Å². The number of amides is 1. The topological polar surface area (TPSA) is 64.8 Å². The Bertz CT molecular complexity index is 685. The van der Waals surface area contributed by atoms with Crippen LogP contribution in [-0.2, 0) is 11.3 Å². The highest BCUT2D eigenvalue weighted by atomic mass is 16.5. The number of nitrogens with zero attached hydrogens (tertiary/aromatic N) is 1. The Morgan fingerprint density at radius 3 is 2.90 bits per heavy atom. The van der Waals surface area contributed by atoms with Gasteiger partial charge in [-0.15, -0.1) is 0 Å². The maximum absolute atomic E-state index is 12.1. The van der Waals surface area contributed by atoms with Crippen LogP contribution in [0.3, 0.4) is 0 Å². The summed E-state index contributed by atoms with van der Waals surface area (Å²) < 4.78 is 10.6. The number of carbonyl (C=O) groups excluding carboxylic acids is 1. The lowest BCUT2D eigenvalue weighted by molar-refractivity contribution is -0.121. The molecule has 0 unspecified atom stereocenters. The zero-order valence-electron chi connectivity index (χ0n) is 11.7. The van der Waals surface area contributed by atoms with Crippen molar-refractivity contribution < 1.29 is 14.3 Å². The number of nitrogen functional groups attached to an aromatic ring is 1. The Kier molecular flexibility index (Phi) is 3.39. The molecule has 2 N–H and O–H groups in total. The van der Waals surface area contributed by atoms with Crippen LogP contribution in [0.25, 0.3) is 0 Å². The minimum absolute atomic E-state index is 0.0520. The molecule has 108 valence electrons. The fraction of sp³-hybridized carbons (Fsp3) is 0.188. The van der Waals surface area contributed by atoms with Gasteiger partial charge in [0.05, 0.1) is 19.3 Å². The predicted octanol–water partition coefficient (Wildman–Crippen LogP) is 2.20. The number of hydrogen-bond acceptors (Lipinski definition) is 4. The fourth-order valence-electron chi connectivity index (χ4n) is 2.41. The van der Waals surface area contributed by atoms with Gasteiger partial charge in [-0.05, 0) is 29.8 Å². The van der Waals surface area contributed by atoms with Crippen LogP contribution < -0.4 is 20.1 Å². The quantitative estimate of drug-likeness (QED) is 0.878. The van der Waals surface area contributed by atoms with Crippen LogP contribution in [-0.4, -0.2) is 19.6 Å². The monoisotopic (exact) mass is 284 g/mol. The molecule has 0 aliphatic carbocycles. The summed E-state index contributed by atoms with van der Waals surface area (Å²) in [6, 6.07) is 13.0. The number of anilines is 2. The minimum atomic E-state index is -0.0740. The molecule has 5 nitrogen and oxygen atoms in total. The minimum Gasteiger partial charge on any atom is -0.497 e. The zero-order valence-corrected chi connectivity index (χ0v) is 11.7. The lowest BCUT2D eigenvalue weighted by atomic mass is 10.1. The molecule has 1 heterocycles. The average molecular weight is 284 g/mol. The van der Waals surface area contributed by atoms with Gasteiger partial charge in [0.25, 0.3) is 5.91 Å². The summed E-state index contributed by atoms with van der Waals surface area (Å²) in [6.45, 7) is 0.483. The van der Waals surface area contributed by atoms with Crippen LogP contribution in [0, 0.1) is 0 Å². The second-order valence-electron chi connectivity index (χ2n) is 4.85. The molecule has 1 aliphatic rings. The Hall–Kier alpha value is -2.69. The first-order valence-corrected chi connectivity index (χ1v) is 6.63. The van der Waals surface area contributed by atoms with Crippen LogP contribution in [0.1, 0.15) is 5.56 Å². The van der Waals surface area contributed by atoms with Gasteiger partial charge >= 0.3 is 0 Å². The number of methoxy groups -OCH3 is 1. The number of carbonyl (C=O) groups is 1. The summed E-state index contributed by atoms with van der Waals surface area (Å²) in [4.78, 5) is 13.8. The second kappa shape index (κ2) is 5.36. The van der Waals surface area contributed by atoms with Gasteiger partial charge < -0.3 is 20.1 Å². The number of para-hydroxylation sites is 2. The summed E-state index contributed by atoms with van der Waals surface area (Å²) in [6.07, 6.45) is 0. The molecule has 0 spiro atoms. The van der Waals surface area contributed by atoms with E-state index < -0.39 is 0 Å². The zero-order chi connectivity index (χ0) is 14.8. The third-order valence-electron chi connectivity index (χ3n) is 3.37. The average Bonchev–Trinajstić information content (AvgIpc) is 2.49. The van der Waals surface area contributed by atoms with Crippen LogP contribution in [0.2, 0.25) is 0 Å². The lowest BCUT2D eigenvalue weighted by Crippen LogP contribution is -2.38. The van der Waals surface area contributed by atoms with E-state index in [9.17, 15) is 4.79 Å². The van der Waals surface area contributed by atoms with Crippen molar-refractivity contribution in [2.45, 2.75) is 6.54 Å². The molecule has 21 heavy (non-hydrogen) atoms. The molecule has 5 heteroatoms. The van der Waals surface area contributed by atoms with Crippen LogP contribution in [0.4, 0.5) is 11.4 Å². The molecule has 0 aromatic heterocycles. The normalized spacial score (nSPS) is 13.6. The molecular weight excluding hydrogens is 268 g/mol. The van der Waals surface area contributed by atoms with Crippen molar-refractivity contribution >= 4 is 17.3 Å². The Labute approximate surface area is 122 Å². The summed E-state index contributed by atoms with van der Waals surface area (Å²) in [5.41, 5.74) is 8.16. The molecule has 2 aromatic carbocycles. The molecule has 0 radical (unpaired) electrons. The van der Waals surface area contributed by atoms with E-state index in [1.807, 2.05) is 36.4 Å². The van der Waals surface area contributed by atoms with E-state index in [2.05, 4.69) is 0 Å². The molecule has 2 aromatic rings. The lowest BCUT2D eigenvalue weighted by Gasteiger charge is -2.29. The van der Waals surface area contributed by atoms with Gasteiger partial charge in [0.1, 0.15) is 11.5 Å². The summed E-state index contributed by atoms with van der Waals surface area (Å²) in [5, 5.41) is 0. The Morgan fingerprint density at radius 2 is 2.10 bits per heavy atom. The summed E-state index contributed by atoms with van der Waals surface area (Å²) >= 11 is 0. The molecule has 0 atom stereocenters. The fourth-order valence-corrected chi connectivity index (χ4v) is 2.41. The van der Waals surface area contributed by atoms with Crippen molar-refractivity contribution in [3.63, 3.8) is 0 Å². The van der Waals surface area contributed by atoms with E-state index >= 15 is 0 Å². The first kappa shape index (κ1) is 13.3. The molecule has 3 rings (SSSR count). The van der Waals surface area contributed by atoms with Crippen molar-refractivity contribution in [2.24, 2.45) is 0 Å². The molecule has 0 saturated carbocycles. The van der Waals surface area contributed by atoms with E-state index in [1.54, 1.807) is 18.1 Å². The van der Waals surface area contributed by atoms with Crippen LogP contribution in [0.15, 0.2) is 42.5 Å². The maximum Gasteiger partial charge on any atom is 0.265 e. The number of hydrogen-bond donors (Lipinski definition) is 1. The van der Waals surface area contributed by atoms with Crippen molar-refractivity contribution in [2.75, 3.05) is 24.4 Å². The summed E-state index contributed by atoms with van der Waals surface area (Å²) in [5.74, 6) is 1.32. The molecule has 1 aliphatic heterocycles. The van der Waals surface area contributed by atoms with Gasteiger partial charge in [-0.3, -0.25) is 4.79 Å². The van der Waals surface area contributed by atoms with Crippen molar-refractivity contribution in [3.05, 3.63) is 48.0 Å². The third kappa shape index (κ3) is 2.63.